The lowest BCUT2D eigenvalue weighted by Crippen LogP contribution is -2.31. The van der Waals surface area contributed by atoms with Crippen molar-refractivity contribution in [2.75, 3.05) is 27.3 Å². The van der Waals surface area contributed by atoms with Crippen molar-refractivity contribution in [2.24, 2.45) is 11.5 Å². The van der Waals surface area contributed by atoms with Crippen molar-refractivity contribution in [1.29, 1.82) is 0 Å². The number of nitrogens with one attached hydrogen (secondary N) is 1. The van der Waals surface area contributed by atoms with Crippen molar-refractivity contribution in [3.05, 3.63) is 74.7 Å². The molecule has 3 aromatic rings. The summed E-state index contributed by atoms with van der Waals surface area (Å²) >= 11 is 0. The minimum atomic E-state index is -0.410. The van der Waals surface area contributed by atoms with E-state index in [2.05, 4.69) is 9.97 Å². The number of fused-ring (bicyclic) bond motifs is 1. The van der Waals surface area contributed by atoms with E-state index in [0.29, 0.717) is 29.7 Å². The minimum absolute atomic E-state index is 0.0342. The van der Waals surface area contributed by atoms with Crippen LogP contribution >= 0.6 is 0 Å². The van der Waals surface area contributed by atoms with E-state index in [1.54, 1.807) is 37.3 Å². The number of H-pyrrole nitrogens is 1. The summed E-state index contributed by atoms with van der Waals surface area (Å²) in [5.41, 5.74) is 17.4. The first kappa shape index (κ1) is 23.0. The molecular weight excluding hydrogens is 406 g/mol. The molecule has 0 aliphatic rings. The lowest BCUT2D eigenvalue weighted by molar-refractivity contribution is -0.129. The first-order valence-electron chi connectivity index (χ1n) is 10.3. The molecule has 0 saturated carbocycles. The van der Waals surface area contributed by atoms with Gasteiger partial charge >= 0.3 is 0 Å². The Morgan fingerprint density at radius 1 is 1.12 bits per heavy atom. The van der Waals surface area contributed by atoms with Gasteiger partial charge in [-0.15, -0.1) is 0 Å². The summed E-state index contributed by atoms with van der Waals surface area (Å²) in [4.78, 5) is 34.0. The molecule has 32 heavy (non-hydrogen) atoms. The number of methoxy groups -OCH3 is 1. The van der Waals surface area contributed by atoms with Gasteiger partial charge in [0.25, 0.3) is 5.56 Å². The number of aromatic nitrogens is 2. The maximum atomic E-state index is 12.6. The highest BCUT2D eigenvalue weighted by molar-refractivity contribution is 5.88. The largest absolute Gasteiger partial charge is 0.397 e. The van der Waals surface area contributed by atoms with Crippen LogP contribution in [0.25, 0.3) is 22.4 Å². The number of amides is 1. The van der Waals surface area contributed by atoms with Crippen molar-refractivity contribution in [3.8, 4) is 0 Å². The van der Waals surface area contributed by atoms with Crippen LogP contribution in [0.3, 0.4) is 0 Å². The number of rotatable bonds is 7. The monoisotopic (exact) mass is 435 g/mol. The van der Waals surface area contributed by atoms with Crippen molar-refractivity contribution in [1.82, 2.24) is 14.9 Å². The highest BCUT2D eigenvalue weighted by Crippen LogP contribution is 2.20. The summed E-state index contributed by atoms with van der Waals surface area (Å²) in [5, 5.41) is 0. The number of benzene rings is 2. The number of hydrogen-bond donors (Lipinski definition) is 3. The maximum Gasteiger partial charge on any atom is 0.276 e. The molecule has 0 atom stereocenters. The summed E-state index contributed by atoms with van der Waals surface area (Å²) in [6.45, 7) is 4.94. The van der Waals surface area contributed by atoms with E-state index in [1.807, 2.05) is 32.0 Å². The molecule has 0 saturated heterocycles. The second-order valence-corrected chi connectivity index (χ2v) is 7.88. The van der Waals surface area contributed by atoms with Gasteiger partial charge in [-0.05, 0) is 54.3 Å². The predicted octanol–water partition coefficient (Wildman–Crippen LogP) is 1.93. The summed E-state index contributed by atoms with van der Waals surface area (Å²) in [6, 6.07) is 11.0. The van der Waals surface area contributed by atoms with Crippen LogP contribution in [-0.4, -0.2) is 48.1 Å². The first-order chi connectivity index (χ1) is 15.2. The minimum Gasteiger partial charge on any atom is -0.397 e. The molecule has 0 radical (unpaired) electrons. The van der Waals surface area contributed by atoms with Gasteiger partial charge in [-0.1, -0.05) is 18.2 Å². The van der Waals surface area contributed by atoms with Gasteiger partial charge in [0.05, 0.1) is 35.5 Å². The average molecular weight is 436 g/mol. The Kier molecular flexibility index (Phi) is 6.95. The molecular formula is C24H29N5O3. The highest BCUT2D eigenvalue weighted by Gasteiger charge is 2.15. The fourth-order valence-corrected chi connectivity index (χ4v) is 3.32. The van der Waals surface area contributed by atoms with Crippen LogP contribution in [0.1, 0.15) is 27.9 Å². The van der Waals surface area contributed by atoms with E-state index in [0.717, 1.165) is 16.7 Å². The molecule has 168 valence electrons. The first-order valence-corrected chi connectivity index (χ1v) is 10.3. The standard InChI is InChI=1S/C24H29N5O3/c1-14-10-18-19(11-15(14)2)28-24(31)23(27-18)22(26)21(25)17-7-5-6-16(12-17)13-20(30)29(3)8-9-32-4/h5-7,10-12H,8-9,13,25-26H2,1-4H3,(H,28,31)/b22-21+. The molecule has 0 unspecified atom stereocenters. The normalized spacial score (nSPS) is 12.0. The molecule has 0 aliphatic carbocycles. The number of aryl methyl sites for hydroxylation is 2. The third kappa shape index (κ3) is 4.97. The van der Waals surface area contributed by atoms with E-state index in [-0.39, 0.29) is 29.4 Å². The van der Waals surface area contributed by atoms with Crippen LogP contribution in [0.5, 0.6) is 0 Å². The van der Waals surface area contributed by atoms with Crippen LogP contribution < -0.4 is 17.0 Å². The van der Waals surface area contributed by atoms with Gasteiger partial charge < -0.3 is 26.1 Å². The predicted molar refractivity (Wildman–Crippen MR) is 127 cm³/mol. The quantitative estimate of drug-likeness (QED) is 0.520. The van der Waals surface area contributed by atoms with E-state index >= 15 is 0 Å². The Bertz CT molecular complexity index is 1250. The van der Waals surface area contributed by atoms with Crippen molar-refractivity contribution in [2.45, 2.75) is 20.3 Å². The zero-order chi connectivity index (χ0) is 23.4. The van der Waals surface area contributed by atoms with Crippen molar-refractivity contribution in [3.63, 3.8) is 0 Å². The fourth-order valence-electron chi connectivity index (χ4n) is 3.32. The van der Waals surface area contributed by atoms with E-state index in [1.165, 1.54) is 0 Å². The number of carbonyl (C=O) groups excluding carboxylic acids is 1. The molecule has 0 spiro atoms. The second-order valence-electron chi connectivity index (χ2n) is 7.88. The molecule has 5 N–H and O–H groups in total. The lowest BCUT2D eigenvalue weighted by atomic mass is 10.0. The molecule has 8 nitrogen and oxygen atoms in total. The topological polar surface area (TPSA) is 127 Å². The van der Waals surface area contributed by atoms with Crippen LogP contribution in [0.2, 0.25) is 0 Å². The molecule has 0 aliphatic heterocycles. The van der Waals surface area contributed by atoms with Crippen LogP contribution in [0.4, 0.5) is 0 Å². The van der Waals surface area contributed by atoms with Gasteiger partial charge in [0, 0.05) is 20.7 Å². The van der Waals surface area contributed by atoms with Crippen LogP contribution in [0.15, 0.2) is 41.2 Å². The molecule has 1 aromatic heterocycles. The summed E-state index contributed by atoms with van der Waals surface area (Å²) in [6.07, 6.45) is 0.217. The fraction of sp³-hybridized carbons (Fsp3) is 0.292. The SMILES string of the molecule is COCCN(C)C(=O)Cc1cccc(/C(N)=C(\N)c2nc3cc(C)c(C)cc3[nH]c2=O)c1. The number of aromatic amines is 1. The van der Waals surface area contributed by atoms with E-state index in [9.17, 15) is 9.59 Å². The third-order valence-corrected chi connectivity index (χ3v) is 5.50. The Hall–Kier alpha value is -3.65. The van der Waals surface area contributed by atoms with Gasteiger partial charge in [0.2, 0.25) is 5.91 Å². The molecule has 1 amide bonds. The van der Waals surface area contributed by atoms with Gasteiger partial charge in [-0.3, -0.25) is 9.59 Å². The molecule has 0 fully saturated rings. The van der Waals surface area contributed by atoms with Gasteiger partial charge in [-0.25, -0.2) is 4.98 Å². The molecule has 3 rings (SSSR count). The average Bonchev–Trinajstić information content (AvgIpc) is 2.77. The van der Waals surface area contributed by atoms with E-state index in [4.69, 9.17) is 16.2 Å². The van der Waals surface area contributed by atoms with Crippen molar-refractivity contribution >= 4 is 28.3 Å². The molecule has 2 aromatic carbocycles. The lowest BCUT2D eigenvalue weighted by Gasteiger charge is -2.17. The van der Waals surface area contributed by atoms with Crippen LogP contribution in [-0.2, 0) is 16.0 Å². The molecule has 1 heterocycles. The summed E-state index contributed by atoms with van der Waals surface area (Å²) < 4.78 is 5.02. The zero-order valence-corrected chi connectivity index (χ0v) is 18.9. The number of nitrogens with zero attached hydrogens (tertiary/aromatic N) is 2. The Morgan fingerprint density at radius 2 is 1.84 bits per heavy atom. The van der Waals surface area contributed by atoms with Crippen molar-refractivity contribution < 1.29 is 9.53 Å². The Labute approximate surface area is 186 Å². The number of hydrogen-bond acceptors (Lipinski definition) is 6. The Morgan fingerprint density at radius 3 is 2.56 bits per heavy atom. The maximum absolute atomic E-state index is 12.6. The number of likely N-dealkylation sites (N-methyl/N-ethyl adjacent to an activating group) is 1. The number of ether oxygens (including phenoxy) is 1. The van der Waals surface area contributed by atoms with Gasteiger partial charge in [-0.2, -0.15) is 0 Å². The highest BCUT2D eigenvalue weighted by atomic mass is 16.5. The summed E-state index contributed by atoms with van der Waals surface area (Å²) in [5.74, 6) is -0.0342. The Balaban J connectivity index is 1.93. The third-order valence-electron chi connectivity index (χ3n) is 5.50. The van der Waals surface area contributed by atoms with E-state index < -0.39 is 5.56 Å². The van der Waals surface area contributed by atoms with Gasteiger partial charge in [0.1, 0.15) is 0 Å². The zero-order valence-electron chi connectivity index (χ0n) is 18.9. The number of nitrogens with two attached hydrogens (primary N) is 2. The second kappa shape index (κ2) is 9.65. The van der Waals surface area contributed by atoms with Crippen LogP contribution in [0, 0.1) is 13.8 Å². The smallest absolute Gasteiger partial charge is 0.276 e. The van der Waals surface area contributed by atoms with Gasteiger partial charge in [0.15, 0.2) is 5.69 Å². The molecule has 8 heteroatoms. The summed E-state index contributed by atoms with van der Waals surface area (Å²) in [7, 11) is 3.33. The molecule has 0 bridgehead atoms. The number of carbonyl (C=O) groups is 1.